The van der Waals surface area contributed by atoms with Gasteiger partial charge < -0.3 is 10.4 Å². The molecule has 0 atom stereocenters. The summed E-state index contributed by atoms with van der Waals surface area (Å²) in [7, 11) is 0. The zero-order valence-electron chi connectivity index (χ0n) is 12.2. The van der Waals surface area contributed by atoms with E-state index in [-0.39, 0.29) is 5.82 Å². The Hall–Kier alpha value is -0.640. The molecule has 0 aliphatic heterocycles. The normalized spacial score (nSPS) is 20.9. The first kappa shape index (κ1) is 15.7. The van der Waals surface area contributed by atoms with Crippen molar-refractivity contribution in [1.82, 2.24) is 5.32 Å². The average molecular weight is 300 g/mol. The molecule has 0 bridgehead atoms. The van der Waals surface area contributed by atoms with Gasteiger partial charge in [0.1, 0.15) is 5.82 Å². The van der Waals surface area contributed by atoms with Gasteiger partial charge in [-0.25, -0.2) is 4.39 Å². The van der Waals surface area contributed by atoms with Crippen LogP contribution >= 0.6 is 11.6 Å². The van der Waals surface area contributed by atoms with Crippen molar-refractivity contribution in [3.63, 3.8) is 0 Å². The molecule has 20 heavy (non-hydrogen) atoms. The maximum absolute atomic E-state index is 13.6. The van der Waals surface area contributed by atoms with Crippen molar-refractivity contribution in [3.8, 4) is 0 Å². The van der Waals surface area contributed by atoms with Crippen molar-refractivity contribution in [2.75, 3.05) is 6.54 Å². The van der Waals surface area contributed by atoms with Gasteiger partial charge in [0.25, 0.3) is 0 Å². The Labute approximate surface area is 125 Å². The summed E-state index contributed by atoms with van der Waals surface area (Å²) >= 11 is 5.98. The third kappa shape index (κ3) is 3.94. The third-order valence-electron chi connectivity index (χ3n) is 4.35. The molecule has 0 spiro atoms. The maximum Gasteiger partial charge on any atom is 0.129 e. The Kier molecular flexibility index (Phi) is 4.73. The van der Waals surface area contributed by atoms with Gasteiger partial charge in [-0.1, -0.05) is 31.5 Å². The van der Waals surface area contributed by atoms with E-state index in [9.17, 15) is 9.50 Å². The molecule has 1 fully saturated rings. The fourth-order valence-electron chi connectivity index (χ4n) is 2.69. The van der Waals surface area contributed by atoms with Crippen LogP contribution in [0.1, 0.15) is 45.1 Å². The second-order valence-corrected chi connectivity index (χ2v) is 7.10. The van der Waals surface area contributed by atoms with E-state index >= 15 is 0 Å². The Balaban J connectivity index is 1.87. The van der Waals surface area contributed by atoms with E-state index in [2.05, 4.69) is 19.2 Å². The van der Waals surface area contributed by atoms with Crippen LogP contribution in [-0.4, -0.2) is 17.3 Å². The highest BCUT2D eigenvalue weighted by molar-refractivity contribution is 6.31. The Morgan fingerprint density at radius 1 is 1.25 bits per heavy atom. The molecule has 0 heterocycles. The molecule has 0 radical (unpaired) electrons. The largest absolute Gasteiger partial charge is 0.389 e. The second-order valence-electron chi connectivity index (χ2n) is 6.69. The summed E-state index contributed by atoms with van der Waals surface area (Å²) in [6, 6.07) is 4.68. The average Bonchev–Trinajstić information content (AvgIpc) is 2.38. The monoisotopic (exact) mass is 299 g/mol. The zero-order valence-corrected chi connectivity index (χ0v) is 12.9. The molecule has 4 heteroatoms. The van der Waals surface area contributed by atoms with E-state index in [0.717, 1.165) is 25.7 Å². The summed E-state index contributed by atoms with van der Waals surface area (Å²) in [4.78, 5) is 0. The van der Waals surface area contributed by atoms with Crippen molar-refractivity contribution >= 4 is 11.6 Å². The van der Waals surface area contributed by atoms with Crippen LogP contribution in [-0.2, 0) is 6.54 Å². The minimum Gasteiger partial charge on any atom is -0.389 e. The summed E-state index contributed by atoms with van der Waals surface area (Å²) in [5.41, 5.74) is 0.114. The van der Waals surface area contributed by atoms with Crippen LogP contribution in [0.5, 0.6) is 0 Å². The van der Waals surface area contributed by atoms with Gasteiger partial charge in [-0.3, -0.25) is 0 Å². The van der Waals surface area contributed by atoms with E-state index in [1.807, 2.05) is 0 Å². The van der Waals surface area contributed by atoms with Gasteiger partial charge in [-0.05, 0) is 43.2 Å². The van der Waals surface area contributed by atoms with Crippen LogP contribution < -0.4 is 5.32 Å². The van der Waals surface area contributed by atoms with Crippen LogP contribution in [0.15, 0.2) is 18.2 Å². The van der Waals surface area contributed by atoms with Gasteiger partial charge in [-0.2, -0.15) is 0 Å². The van der Waals surface area contributed by atoms with E-state index in [1.54, 1.807) is 12.1 Å². The molecular formula is C16H23ClFNO. The predicted molar refractivity (Wildman–Crippen MR) is 80.3 cm³/mol. The molecule has 1 aliphatic carbocycles. The lowest BCUT2D eigenvalue weighted by Crippen LogP contribution is -2.44. The summed E-state index contributed by atoms with van der Waals surface area (Å²) in [6.45, 7) is 5.29. The molecular weight excluding hydrogens is 277 g/mol. The van der Waals surface area contributed by atoms with Crippen LogP contribution in [0.3, 0.4) is 0 Å². The fraction of sp³-hybridized carbons (Fsp3) is 0.625. The van der Waals surface area contributed by atoms with Gasteiger partial charge >= 0.3 is 0 Å². The van der Waals surface area contributed by atoms with Crippen molar-refractivity contribution in [2.45, 2.75) is 51.7 Å². The topological polar surface area (TPSA) is 32.3 Å². The molecule has 2 nitrogen and oxygen atoms in total. The van der Waals surface area contributed by atoms with Crippen LogP contribution in [0.25, 0.3) is 0 Å². The highest BCUT2D eigenvalue weighted by Gasteiger charge is 2.36. The molecule has 112 valence electrons. The van der Waals surface area contributed by atoms with E-state index < -0.39 is 5.60 Å². The van der Waals surface area contributed by atoms with Gasteiger partial charge in [0, 0.05) is 23.7 Å². The molecule has 1 aliphatic rings. The van der Waals surface area contributed by atoms with Gasteiger partial charge in [0.05, 0.1) is 5.60 Å². The highest BCUT2D eigenvalue weighted by atomic mass is 35.5. The third-order valence-corrected chi connectivity index (χ3v) is 4.71. The number of benzene rings is 1. The second kappa shape index (κ2) is 6.00. The number of nitrogens with one attached hydrogen (secondary N) is 1. The predicted octanol–water partition coefficient (Wildman–Crippen LogP) is 3.90. The van der Waals surface area contributed by atoms with Crippen LogP contribution in [0.4, 0.5) is 4.39 Å². The molecule has 1 aromatic rings. The maximum atomic E-state index is 13.6. The SMILES string of the molecule is CC1(C)CCC(O)(CNCc2c(F)cccc2Cl)CC1. The van der Waals surface area contributed by atoms with Gasteiger partial charge in [0.15, 0.2) is 0 Å². The van der Waals surface area contributed by atoms with Crippen LogP contribution in [0, 0.1) is 11.2 Å². The number of rotatable bonds is 4. The summed E-state index contributed by atoms with van der Waals surface area (Å²) in [5.74, 6) is -0.304. The highest BCUT2D eigenvalue weighted by Crippen LogP contribution is 2.39. The number of aliphatic hydroxyl groups is 1. The molecule has 0 aromatic heterocycles. The molecule has 1 saturated carbocycles. The lowest BCUT2D eigenvalue weighted by atomic mass is 9.71. The van der Waals surface area contributed by atoms with E-state index in [4.69, 9.17) is 11.6 Å². The zero-order chi connectivity index (χ0) is 14.8. The quantitative estimate of drug-likeness (QED) is 0.884. The van der Waals surface area contributed by atoms with Crippen molar-refractivity contribution < 1.29 is 9.50 Å². The number of hydrogen-bond donors (Lipinski definition) is 2. The summed E-state index contributed by atoms with van der Waals surface area (Å²) in [5, 5.41) is 14.1. The Bertz CT molecular complexity index is 445. The molecule has 0 unspecified atom stereocenters. The summed E-state index contributed by atoms with van der Waals surface area (Å²) in [6.07, 6.45) is 3.62. The van der Waals surface area contributed by atoms with E-state index in [1.165, 1.54) is 6.07 Å². The smallest absolute Gasteiger partial charge is 0.129 e. The van der Waals surface area contributed by atoms with E-state index in [0.29, 0.717) is 29.1 Å². The number of hydrogen-bond acceptors (Lipinski definition) is 2. The van der Waals surface area contributed by atoms with Crippen LogP contribution in [0.2, 0.25) is 5.02 Å². The molecule has 2 rings (SSSR count). The van der Waals surface area contributed by atoms with Crippen molar-refractivity contribution in [1.29, 1.82) is 0 Å². The lowest BCUT2D eigenvalue weighted by Gasteiger charge is -2.40. The van der Waals surface area contributed by atoms with Crippen molar-refractivity contribution in [3.05, 3.63) is 34.6 Å². The minimum atomic E-state index is -0.673. The lowest BCUT2D eigenvalue weighted by molar-refractivity contribution is -0.0245. The molecule has 1 aromatic carbocycles. The molecule has 2 N–H and O–H groups in total. The first-order chi connectivity index (χ1) is 9.31. The first-order valence-corrected chi connectivity index (χ1v) is 7.55. The van der Waals surface area contributed by atoms with Gasteiger partial charge in [0.2, 0.25) is 0 Å². The molecule has 0 amide bonds. The fourth-order valence-corrected chi connectivity index (χ4v) is 2.92. The molecule has 0 saturated heterocycles. The summed E-state index contributed by atoms with van der Waals surface area (Å²) < 4.78 is 13.6. The van der Waals surface area contributed by atoms with Crippen molar-refractivity contribution in [2.24, 2.45) is 5.41 Å². The van der Waals surface area contributed by atoms with Gasteiger partial charge in [-0.15, -0.1) is 0 Å². The minimum absolute atomic E-state index is 0.304. The first-order valence-electron chi connectivity index (χ1n) is 7.17. The standard InChI is InChI=1S/C16H23ClFNO/c1-15(2)6-8-16(20,9-7-15)11-19-10-12-13(17)4-3-5-14(12)18/h3-5,19-20H,6-11H2,1-2H3. The number of halogens is 2. The Morgan fingerprint density at radius 3 is 2.50 bits per heavy atom. The Morgan fingerprint density at radius 2 is 1.90 bits per heavy atom.